The minimum atomic E-state index is -0.692. The van der Waals surface area contributed by atoms with Crippen molar-refractivity contribution in [2.75, 3.05) is 24.6 Å². The van der Waals surface area contributed by atoms with E-state index in [4.69, 9.17) is 19.1 Å². The third-order valence-corrected chi connectivity index (χ3v) is 6.31. The van der Waals surface area contributed by atoms with Crippen LogP contribution < -0.4 is 4.90 Å². The van der Waals surface area contributed by atoms with Crippen LogP contribution >= 0.6 is 0 Å². The summed E-state index contributed by atoms with van der Waals surface area (Å²) in [6, 6.07) is 5.36. The van der Waals surface area contributed by atoms with Gasteiger partial charge in [-0.2, -0.15) is 4.98 Å². The fourth-order valence-corrected chi connectivity index (χ4v) is 4.11. The van der Waals surface area contributed by atoms with Crippen LogP contribution in [0.25, 0.3) is 22.3 Å². The quantitative estimate of drug-likeness (QED) is 0.438. The van der Waals surface area contributed by atoms with E-state index in [-0.39, 0.29) is 5.56 Å². The van der Waals surface area contributed by atoms with Gasteiger partial charge in [0.2, 0.25) is 17.7 Å². The fourth-order valence-electron chi connectivity index (χ4n) is 4.11. The Labute approximate surface area is 194 Å². The molecule has 174 valence electrons. The Hall–Kier alpha value is -3.53. The summed E-state index contributed by atoms with van der Waals surface area (Å²) in [5.41, 5.74) is 2.76. The van der Waals surface area contributed by atoms with Gasteiger partial charge in [-0.15, -0.1) is 10.2 Å². The molecule has 0 N–H and O–H groups in total. The first-order valence-electron chi connectivity index (χ1n) is 11.3. The van der Waals surface area contributed by atoms with Gasteiger partial charge in [-0.05, 0) is 50.5 Å². The minimum absolute atomic E-state index is 0.191. The molecule has 0 radical (unpaired) electrons. The summed E-state index contributed by atoms with van der Waals surface area (Å²) in [7, 11) is 0. The average Bonchev–Trinajstić information content (AvgIpc) is 3.56. The second-order valence-corrected chi connectivity index (χ2v) is 8.82. The molecule has 1 saturated carbocycles. The van der Waals surface area contributed by atoms with Gasteiger partial charge in [0.1, 0.15) is 11.6 Å². The second kappa shape index (κ2) is 8.05. The van der Waals surface area contributed by atoms with Crippen LogP contribution in [-0.4, -0.2) is 44.8 Å². The molecular weight excluding hydrogens is 442 g/mol. The predicted octanol–water partition coefficient (Wildman–Crippen LogP) is 4.43. The summed E-state index contributed by atoms with van der Waals surface area (Å²) in [6.07, 6.45) is 1.71. The Kier molecular flexibility index (Phi) is 4.98. The standard InChI is InChI=1S/C24H22F2N6O2/c1-12-9-17-20(16-6-5-15(25)10-18(16)26)28-24(29-21(17)27-13(12)2)32-7-8-33-19(11-32)23-31-30-22(34-23)14-3-4-14/h5-6,9-10,14,19H,3-4,7-8,11H2,1-2H3/t19-/m1/s1. The van der Waals surface area contributed by atoms with Crippen molar-refractivity contribution in [1.82, 2.24) is 25.1 Å². The largest absolute Gasteiger partial charge is 0.422 e. The number of anilines is 1. The molecule has 0 spiro atoms. The van der Waals surface area contributed by atoms with E-state index in [9.17, 15) is 8.78 Å². The Bertz CT molecular complexity index is 1400. The number of morpholine rings is 1. The molecule has 1 aromatic carbocycles. The summed E-state index contributed by atoms with van der Waals surface area (Å²) in [6.45, 7) is 5.16. The van der Waals surface area contributed by atoms with E-state index in [1.165, 1.54) is 12.1 Å². The van der Waals surface area contributed by atoms with Gasteiger partial charge in [0, 0.05) is 35.2 Å². The van der Waals surface area contributed by atoms with Gasteiger partial charge in [0.05, 0.1) is 18.8 Å². The van der Waals surface area contributed by atoms with Gasteiger partial charge in [0.25, 0.3) is 0 Å². The highest BCUT2D eigenvalue weighted by Crippen LogP contribution is 2.40. The molecule has 2 aliphatic rings. The molecule has 1 aliphatic carbocycles. The second-order valence-electron chi connectivity index (χ2n) is 8.82. The Morgan fingerprint density at radius 2 is 1.82 bits per heavy atom. The Balaban J connectivity index is 1.41. The summed E-state index contributed by atoms with van der Waals surface area (Å²) in [5.74, 6) is 0.491. The van der Waals surface area contributed by atoms with Crippen molar-refractivity contribution in [3.63, 3.8) is 0 Å². The first-order chi connectivity index (χ1) is 16.5. The summed E-state index contributed by atoms with van der Waals surface area (Å²) in [4.78, 5) is 16.0. The van der Waals surface area contributed by atoms with E-state index in [0.717, 1.165) is 30.2 Å². The van der Waals surface area contributed by atoms with Crippen molar-refractivity contribution in [3.05, 3.63) is 58.9 Å². The normalized spacial score (nSPS) is 18.6. The summed E-state index contributed by atoms with van der Waals surface area (Å²) >= 11 is 0. The van der Waals surface area contributed by atoms with E-state index in [1.54, 1.807) is 0 Å². The number of aryl methyl sites for hydroxylation is 2. The maximum absolute atomic E-state index is 14.8. The van der Waals surface area contributed by atoms with E-state index in [0.29, 0.717) is 60.1 Å². The highest BCUT2D eigenvalue weighted by molar-refractivity contribution is 5.92. The molecule has 4 heterocycles. The molecular formula is C24H22F2N6O2. The predicted molar refractivity (Wildman–Crippen MR) is 119 cm³/mol. The van der Waals surface area contributed by atoms with Crippen molar-refractivity contribution in [2.45, 2.75) is 38.7 Å². The van der Waals surface area contributed by atoms with Crippen LogP contribution in [0, 0.1) is 25.5 Å². The molecule has 1 saturated heterocycles. The third kappa shape index (κ3) is 3.77. The number of ether oxygens (including phenoxy) is 1. The number of benzene rings is 1. The van der Waals surface area contributed by atoms with E-state index in [2.05, 4.69) is 15.2 Å². The molecule has 8 nitrogen and oxygen atoms in total. The summed E-state index contributed by atoms with van der Waals surface area (Å²) in [5, 5.41) is 8.94. The maximum atomic E-state index is 14.8. The van der Waals surface area contributed by atoms with E-state index < -0.39 is 17.7 Å². The monoisotopic (exact) mass is 464 g/mol. The van der Waals surface area contributed by atoms with E-state index >= 15 is 0 Å². The van der Waals surface area contributed by atoms with Crippen molar-refractivity contribution in [3.8, 4) is 11.3 Å². The van der Waals surface area contributed by atoms with Gasteiger partial charge < -0.3 is 14.1 Å². The lowest BCUT2D eigenvalue weighted by atomic mass is 10.1. The summed E-state index contributed by atoms with van der Waals surface area (Å²) < 4.78 is 40.1. The molecule has 2 fully saturated rings. The number of rotatable bonds is 4. The lowest BCUT2D eigenvalue weighted by Crippen LogP contribution is -2.39. The number of halogens is 2. The maximum Gasteiger partial charge on any atom is 0.247 e. The number of nitrogens with zero attached hydrogens (tertiary/aromatic N) is 6. The number of fused-ring (bicyclic) bond motifs is 1. The topological polar surface area (TPSA) is 90.1 Å². The van der Waals surface area contributed by atoms with Gasteiger partial charge in [-0.3, -0.25) is 0 Å². The molecule has 6 rings (SSSR count). The molecule has 3 aromatic heterocycles. The minimum Gasteiger partial charge on any atom is -0.422 e. The molecule has 0 bridgehead atoms. The van der Waals surface area contributed by atoms with Crippen molar-refractivity contribution in [1.29, 1.82) is 0 Å². The fraction of sp³-hybridized carbons (Fsp3) is 0.375. The average molecular weight is 464 g/mol. The molecule has 10 heteroatoms. The van der Waals surface area contributed by atoms with Crippen molar-refractivity contribution >= 4 is 17.0 Å². The SMILES string of the molecule is Cc1cc2c(-c3ccc(F)cc3F)nc(N3CCO[C@@H](c4nnc(C5CC5)o4)C3)nc2nc1C. The zero-order valence-electron chi connectivity index (χ0n) is 18.8. The van der Waals surface area contributed by atoms with Crippen LogP contribution in [0.5, 0.6) is 0 Å². The highest BCUT2D eigenvalue weighted by Gasteiger charge is 2.33. The van der Waals surface area contributed by atoms with Crippen molar-refractivity contribution < 1.29 is 17.9 Å². The number of aromatic nitrogens is 5. The highest BCUT2D eigenvalue weighted by atomic mass is 19.1. The van der Waals surface area contributed by atoms with Crippen LogP contribution in [0.4, 0.5) is 14.7 Å². The van der Waals surface area contributed by atoms with E-state index in [1.807, 2.05) is 24.8 Å². The van der Waals surface area contributed by atoms with Crippen molar-refractivity contribution in [2.24, 2.45) is 0 Å². The first kappa shape index (κ1) is 21.0. The first-order valence-corrected chi connectivity index (χ1v) is 11.3. The van der Waals surface area contributed by atoms with Crippen LogP contribution in [0.3, 0.4) is 0 Å². The Morgan fingerprint density at radius 3 is 2.62 bits per heavy atom. The third-order valence-electron chi connectivity index (χ3n) is 6.31. The lowest BCUT2D eigenvalue weighted by Gasteiger charge is -2.31. The number of pyridine rings is 1. The van der Waals surface area contributed by atoms with Gasteiger partial charge >= 0.3 is 0 Å². The molecule has 0 unspecified atom stereocenters. The Morgan fingerprint density at radius 1 is 1.00 bits per heavy atom. The number of hydrogen-bond donors (Lipinski definition) is 0. The molecule has 1 atom stereocenters. The molecule has 1 aliphatic heterocycles. The zero-order valence-corrected chi connectivity index (χ0v) is 18.8. The molecule has 34 heavy (non-hydrogen) atoms. The molecule has 4 aromatic rings. The van der Waals surface area contributed by atoms with Crippen LogP contribution in [0.1, 0.15) is 47.9 Å². The van der Waals surface area contributed by atoms with Crippen LogP contribution in [0.2, 0.25) is 0 Å². The smallest absolute Gasteiger partial charge is 0.247 e. The zero-order chi connectivity index (χ0) is 23.4. The van der Waals surface area contributed by atoms with Gasteiger partial charge in [0.15, 0.2) is 11.8 Å². The van der Waals surface area contributed by atoms with Gasteiger partial charge in [-0.25, -0.2) is 18.7 Å². The van der Waals surface area contributed by atoms with Crippen LogP contribution in [0.15, 0.2) is 28.7 Å². The van der Waals surface area contributed by atoms with Crippen LogP contribution in [-0.2, 0) is 4.74 Å². The molecule has 0 amide bonds. The number of hydrogen-bond acceptors (Lipinski definition) is 8. The van der Waals surface area contributed by atoms with Gasteiger partial charge in [-0.1, -0.05) is 0 Å². The lowest BCUT2D eigenvalue weighted by molar-refractivity contribution is 0.0210.